The minimum Gasteiger partial charge on any atom is -0.337 e. The van der Waals surface area contributed by atoms with Crippen LogP contribution < -0.4 is 0 Å². The zero-order valence-corrected chi connectivity index (χ0v) is 14.7. The molecule has 0 radical (unpaired) electrons. The Morgan fingerprint density at radius 2 is 2.09 bits per heavy atom. The molecule has 1 aliphatic heterocycles. The number of likely N-dealkylation sites (tertiary alicyclic amines) is 1. The van der Waals surface area contributed by atoms with Crippen LogP contribution in [-0.2, 0) is 12.0 Å². The maximum atomic E-state index is 12.6. The van der Waals surface area contributed by atoms with Crippen LogP contribution in [0.5, 0.6) is 0 Å². The highest BCUT2D eigenvalue weighted by atomic mass is 32.1. The van der Waals surface area contributed by atoms with E-state index < -0.39 is 0 Å². The van der Waals surface area contributed by atoms with Gasteiger partial charge in [-0.3, -0.25) is 9.48 Å². The van der Waals surface area contributed by atoms with E-state index >= 15 is 0 Å². The number of carbonyl (C=O) groups excluding carboxylic acids is 1. The first-order chi connectivity index (χ1) is 10.9. The number of aromatic nitrogens is 4. The number of thiazole rings is 1. The third-order valence-electron chi connectivity index (χ3n) is 4.18. The van der Waals surface area contributed by atoms with Crippen molar-refractivity contribution in [3.8, 4) is 0 Å². The van der Waals surface area contributed by atoms with Crippen molar-refractivity contribution < 1.29 is 4.79 Å². The minimum atomic E-state index is -0.00596. The fourth-order valence-corrected chi connectivity index (χ4v) is 3.67. The van der Waals surface area contributed by atoms with Gasteiger partial charge in [0, 0.05) is 30.4 Å². The van der Waals surface area contributed by atoms with Crippen LogP contribution in [0.3, 0.4) is 0 Å². The van der Waals surface area contributed by atoms with Crippen molar-refractivity contribution in [2.45, 2.75) is 45.6 Å². The predicted octanol–water partition coefficient (Wildman–Crippen LogP) is 2.58. The minimum absolute atomic E-state index is 0.00596. The van der Waals surface area contributed by atoms with Crippen LogP contribution in [0, 0.1) is 5.92 Å². The van der Waals surface area contributed by atoms with Crippen LogP contribution in [0.2, 0.25) is 0 Å². The molecule has 3 heterocycles. The molecule has 0 saturated carbocycles. The predicted molar refractivity (Wildman–Crippen MR) is 89.5 cm³/mol. The third kappa shape index (κ3) is 3.77. The summed E-state index contributed by atoms with van der Waals surface area (Å²) in [4.78, 5) is 23.1. The Balaban J connectivity index is 1.57. The van der Waals surface area contributed by atoms with E-state index in [1.165, 1.54) is 0 Å². The number of amides is 1. The fraction of sp³-hybridized carbons (Fsp3) is 0.625. The van der Waals surface area contributed by atoms with Crippen LogP contribution in [0.25, 0.3) is 0 Å². The molecule has 1 aliphatic rings. The molecule has 7 heteroatoms. The van der Waals surface area contributed by atoms with Gasteiger partial charge in [0.05, 0.1) is 5.01 Å². The van der Waals surface area contributed by atoms with Gasteiger partial charge >= 0.3 is 0 Å². The molecule has 1 amide bonds. The summed E-state index contributed by atoms with van der Waals surface area (Å²) in [7, 11) is 0. The Morgan fingerprint density at radius 3 is 2.65 bits per heavy atom. The van der Waals surface area contributed by atoms with Crippen molar-refractivity contribution in [2.24, 2.45) is 5.92 Å². The zero-order chi connectivity index (χ0) is 16.4. The highest BCUT2D eigenvalue weighted by Gasteiger charge is 2.27. The lowest BCUT2D eigenvalue weighted by Crippen LogP contribution is -2.39. The molecule has 0 spiro atoms. The Kier molecular flexibility index (Phi) is 4.48. The smallest absolute Gasteiger partial charge is 0.273 e. The van der Waals surface area contributed by atoms with E-state index in [1.54, 1.807) is 24.0 Å². The van der Waals surface area contributed by atoms with Gasteiger partial charge < -0.3 is 4.90 Å². The average molecular weight is 333 g/mol. The van der Waals surface area contributed by atoms with E-state index in [0.717, 1.165) is 37.5 Å². The summed E-state index contributed by atoms with van der Waals surface area (Å²) >= 11 is 1.57. The molecule has 0 N–H and O–H groups in total. The number of hydrogen-bond donors (Lipinski definition) is 0. The van der Waals surface area contributed by atoms with Gasteiger partial charge in [-0.1, -0.05) is 20.8 Å². The summed E-state index contributed by atoms with van der Waals surface area (Å²) < 4.78 is 1.87. The van der Waals surface area contributed by atoms with Crippen molar-refractivity contribution in [1.82, 2.24) is 24.6 Å². The third-order valence-corrected chi connectivity index (χ3v) is 5.45. The first-order valence-corrected chi connectivity index (χ1v) is 8.89. The quantitative estimate of drug-likeness (QED) is 0.866. The molecule has 0 aliphatic carbocycles. The molecule has 2 aromatic heterocycles. The number of rotatable bonds is 3. The lowest BCUT2D eigenvalue weighted by Gasteiger charge is -2.31. The summed E-state index contributed by atoms with van der Waals surface area (Å²) in [5.74, 6) is 0.622. The van der Waals surface area contributed by atoms with Gasteiger partial charge in [0.15, 0.2) is 0 Å². The summed E-state index contributed by atoms with van der Waals surface area (Å²) in [6.07, 6.45) is 5.32. The van der Waals surface area contributed by atoms with Crippen molar-refractivity contribution in [3.05, 3.63) is 28.7 Å². The topological polar surface area (TPSA) is 63.9 Å². The highest BCUT2D eigenvalue weighted by molar-refractivity contribution is 7.10. The van der Waals surface area contributed by atoms with Gasteiger partial charge in [-0.05, 0) is 18.8 Å². The Hall–Kier alpha value is -1.76. The van der Waals surface area contributed by atoms with Gasteiger partial charge in [0.2, 0.25) is 0 Å². The molecule has 1 saturated heterocycles. The van der Waals surface area contributed by atoms with Crippen molar-refractivity contribution in [1.29, 1.82) is 0 Å². The molecule has 1 fully saturated rings. The lowest BCUT2D eigenvalue weighted by atomic mass is 9.96. The number of nitrogens with zero attached hydrogens (tertiary/aromatic N) is 5. The van der Waals surface area contributed by atoms with Gasteiger partial charge in [0.1, 0.15) is 18.3 Å². The first kappa shape index (κ1) is 16.1. The summed E-state index contributed by atoms with van der Waals surface area (Å²) in [5, 5.41) is 7.06. The van der Waals surface area contributed by atoms with E-state index in [2.05, 4.69) is 35.8 Å². The Bertz CT molecular complexity index is 650. The monoisotopic (exact) mass is 333 g/mol. The van der Waals surface area contributed by atoms with Crippen LogP contribution >= 0.6 is 11.3 Å². The van der Waals surface area contributed by atoms with Gasteiger partial charge in [0.25, 0.3) is 5.91 Å². The second-order valence-corrected chi connectivity index (χ2v) is 8.00. The van der Waals surface area contributed by atoms with Crippen molar-refractivity contribution in [2.75, 3.05) is 13.1 Å². The number of hydrogen-bond acceptors (Lipinski definition) is 5. The first-order valence-electron chi connectivity index (χ1n) is 8.01. The lowest BCUT2D eigenvalue weighted by molar-refractivity contribution is 0.0676. The largest absolute Gasteiger partial charge is 0.337 e. The van der Waals surface area contributed by atoms with E-state index in [9.17, 15) is 4.79 Å². The molecule has 0 atom stereocenters. The van der Waals surface area contributed by atoms with E-state index in [4.69, 9.17) is 0 Å². The maximum absolute atomic E-state index is 12.6. The normalized spacial score (nSPS) is 16.7. The van der Waals surface area contributed by atoms with Crippen LogP contribution in [0.15, 0.2) is 18.0 Å². The highest BCUT2D eigenvalue weighted by Crippen LogP contribution is 2.27. The van der Waals surface area contributed by atoms with Gasteiger partial charge in [-0.25, -0.2) is 9.97 Å². The molecule has 3 rings (SSSR count). The number of piperidine rings is 1. The van der Waals surface area contributed by atoms with E-state index in [0.29, 0.717) is 11.6 Å². The van der Waals surface area contributed by atoms with Crippen LogP contribution in [0.1, 0.15) is 49.1 Å². The Labute approximate surface area is 140 Å². The molecule has 6 nitrogen and oxygen atoms in total. The van der Waals surface area contributed by atoms with Gasteiger partial charge in [-0.2, -0.15) is 5.10 Å². The van der Waals surface area contributed by atoms with Crippen LogP contribution in [-0.4, -0.2) is 43.6 Å². The summed E-state index contributed by atoms with van der Waals surface area (Å²) in [5.41, 5.74) is 0.586. The molecule has 0 unspecified atom stereocenters. The average Bonchev–Trinajstić information content (AvgIpc) is 3.18. The molecule has 0 aromatic carbocycles. The van der Waals surface area contributed by atoms with Gasteiger partial charge in [-0.15, -0.1) is 11.3 Å². The van der Waals surface area contributed by atoms with E-state index in [1.807, 2.05) is 15.0 Å². The maximum Gasteiger partial charge on any atom is 0.273 e. The van der Waals surface area contributed by atoms with Crippen molar-refractivity contribution in [3.63, 3.8) is 0 Å². The molecular formula is C16H23N5OS. The standard InChI is InChI=1S/C16H23N5OS/c1-16(2,3)15-19-13(9-23-15)14(22)20-6-4-12(5-7-20)8-21-11-17-10-18-21/h9-12H,4-8H2,1-3H3. The second-order valence-electron chi connectivity index (χ2n) is 7.14. The fourth-order valence-electron chi connectivity index (χ4n) is 2.79. The summed E-state index contributed by atoms with van der Waals surface area (Å²) in [6, 6.07) is 0. The molecule has 124 valence electrons. The molecule has 23 heavy (non-hydrogen) atoms. The SMILES string of the molecule is CC(C)(C)c1nc(C(=O)N2CCC(Cn3cncn3)CC2)cs1. The molecular weight excluding hydrogens is 310 g/mol. The Morgan fingerprint density at radius 1 is 1.35 bits per heavy atom. The zero-order valence-electron chi connectivity index (χ0n) is 13.9. The number of carbonyl (C=O) groups is 1. The van der Waals surface area contributed by atoms with E-state index in [-0.39, 0.29) is 11.3 Å². The molecule has 2 aromatic rings. The van der Waals surface area contributed by atoms with Crippen LogP contribution in [0.4, 0.5) is 0 Å². The summed E-state index contributed by atoms with van der Waals surface area (Å²) in [6.45, 7) is 8.83. The second kappa shape index (κ2) is 6.39. The van der Waals surface area contributed by atoms with Crippen molar-refractivity contribution >= 4 is 17.2 Å². The molecule has 0 bridgehead atoms.